The molecule has 0 saturated carbocycles. The van der Waals surface area contributed by atoms with Crippen molar-refractivity contribution in [2.75, 3.05) is 0 Å². The van der Waals surface area contributed by atoms with Gasteiger partial charge in [0.1, 0.15) is 11.4 Å². The minimum absolute atomic E-state index is 0.475. The SMILES string of the molecule is CC(O)(c1ccc(Br)cc1)c1cc2cccc(Cl)c2o1. The first kappa shape index (κ1) is 13.7. The summed E-state index contributed by atoms with van der Waals surface area (Å²) in [7, 11) is 0. The van der Waals surface area contributed by atoms with E-state index in [0.29, 0.717) is 16.4 Å². The summed E-state index contributed by atoms with van der Waals surface area (Å²) in [6, 6.07) is 14.9. The highest BCUT2D eigenvalue weighted by atomic mass is 79.9. The van der Waals surface area contributed by atoms with E-state index in [2.05, 4.69) is 15.9 Å². The van der Waals surface area contributed by atoms with Crippen LogP contribution >= 0.6 is 27.5 Å². The summed E-state index contributed by atoms with van der Waals surface area (Å²) in [5.41, 5.74) is 0.153. The van der Waals surface area contributed by atoms with Crippen LogP contribution in [0.5, 0.6) is 0 Å². The maximum atomic E-state index is 10.8. The van der Waals surface area contributed by atoms with Crippen LogP contribution in [0.2, 0.25) is 5.02 Å². The minimum atomic E-state index is -1.21. The second-order valence-electron chi connectivity index (χ2n) is 4.85. The van der Waals surface area contributed by atoms with E-state index in [1.165, 1.54) is 0 Å². The van der Waals surface area contributed by atoms with Crippen molar-refractivity contribution in [3.63, 3.8) is 0 Å². The van der Waals surface area contributed by atoms with Crippen LogP contribution in [-0.2, 0) is 5.60 Å². The molecule has 0 aliphatic rings. The van der Waals surface area contributed by atoms with Crippen LogP contribution in [0.1, 0.15) is 18.2 Å². The average Bonchev–Trinajstić information content (AvgIpc) is 2.85. The van der Waals surface area contributed by atoms with Crippen LogP contribution in [0.15, 0.2) is 57.4 Å². The zero-order chi connectivity index (χ0) is 14.3. The molecule has 0 aliphatic heterocycles. The summed E-state index contributed by atoms with van der Waals surface area (Å²) in [5, 5.41) is 12.2. The molecular weight excluding hydrogens is 340 g/mol. The number of fused-ring (bicyclic) bond motifs is 1. The Morgan fingerprint density at radius 3 is 2.50 bits per heavy atom. The van der Waals surface area contributed by atoms with Crippen LogP contribution < -0.4 is 0 Å². The fourth-order valence-electron chi connectivity index (χ4n) is 2.18. The number of hydrogen-bond donors (Lipinski definition) is 1. The van der Waals surface area contributed by atoms with Gasteiger partial charge in [0.2, 0.25) is 0 Å². The zero-order valence-corrected chi connectivity index (χ0v) is 13.1. The van der Waals surface area contributed by atoms with Gasteiger partial charge in [0.25, 0.3) is 0 Å². The lowest BCUT2D eigenvalue weighted by Gasteiger charge is -2.21. The number of rotatable bonds is 2. The Balaban J connectivity index is 2.13. The molecule has 1 atom stereocenters. The largest absolute Gasteiger partial charge is 0.456 e. The Kier molecular flexibility index (Phi) is 3.36. The summed E-state index contributed by atoms with van der Waals surface area (Å²) in [6.07, 6.45) is 0. The Morgan fingerprint density at radius 1 is 1.15 bits per heavy atom. The van der Waals surface area contributed by atoms with Crippen molar-refractivity contribution in [3.05, 3.63) is 69.3 Å². The van der Waals surface area contributed by atoms with Gasteiger partial charge in [0.15, 0.2) is 5.58 Å². The molecule has 20 heavy (non-hydrogen) atoms. The molecule has 102 valence electrons. The molecule has 1 aromatic heterocycles. The van der Waals surface area contributed by atoms with Gasteiger partial charge in [-0.25, -0.2) is 0 Å². The first-order valence-electron chi connectivity index (χ1n) is 6.15. The zero-order valence-electron chi connectivity index (χ0n) is 10.7. The molecule has 0 bridgehead atoms. The number of benzene rings is 2. The molecule has 2 nitrogen and oxygen atoms in total. The van der Waals surface area contributed by atoms with E-state index < -0.39 is 5.60 Å². The van der Waals surface area contributed by atoms with Gasteiger partial charge in [-0.15, -0.1) is 0 Å². The second kappa shape index (κ2) is 4.92. The minimum Gasteiger partial charge on any atom is -0.456 e. The van der Waals surface area contributed by atoms with Crippen molar-refractivity contribution in [2.24, 2.45) is 0 Å². The maximum absolute atomic E-state index is 10.8. The number of aliphatic hydroxyl groups is 1. The standard InChI is InChI=1S/C16H12BrClO2/c1-16(19,11-5-7-12(17)8-6-11)14-9-10-3-2-4-13(18)15(10)20-14/h2-9,19H,1H3. The van der Waals surface area contributed by atoms with E-state index in [4.69, 9.17) is 16.0 Å². The Labute approximate surface area is 130 Å². The van der Waals surface area contributed by atoms with Gasteiger partial charge >= 0.3 is 0 Å². The molecule has 3 rings (SSSR count). The lowest BCUT2D eigenvalue weighted by Crippen LogP contribution is -2.21. The van der Waals surface area contributed by atoms with E-state index in [-0.39, 0.29) is 0 Å². The van der Waals surface area contributed by atoms with Crippen molar-refractivity contribution in [3.8, 4) is 0 Å². The quantitative estimate of drug-likeness (QED) is 0.696. The predicted octanol–water partition coefficient (Wildman–Crippen LogP) is 5.10. The maximum Gasteiger partial charge on any atom is 0.153 e. The van der Waals surface area contributed by atoms with Crippen LogP contribution in [0.3, 0.4) is 0 Å². The van der Waals surface area contributed by atoms with Crippen LogP contribution in [0, 0.1) is 0 Å². The third kappa shape index (κ3) is 2.26. The van der Waals surface area contributed by atoms with Crippen LogP contribution in [-0.4, -0.2) is 5.11 Å². The summed E-state index contributed by atoms with van der Waals surface area (Å²) in [5.74, 6) is 0.475. The average molecular weight is 352 g/mol. The Hall–Kier alpha value is -1.29. The first-order valence-corrected chi connectivity index (χ1v) is 7.32. The molecule has 0 fully saturated rings. The van der Waals surface area contributed by atoms with Crippen molar-refractivity contribution in [1.29, 1.82) is 0 Å². The summed E-state index contributed by atoms with van der Waals surface area (Å²) in [4.78, 5) is 0. The molecule has 2 aromatic carbocycles. The molecule has 0 saturated heterocycles. The normalized spacial score (nSPS) is 14.4. The smallest absolute Gasteiger partial charge is 0.153 e. The third-order valence-electron chi connectivity index (χ3n) is 3.38. The molecule has 4 heteroatoms. The molecule has 1 N–H and O–H groups in total. The van der Waals surface area contributed by atoms with Crippen molar-refractivity contribution in [1.82, 2.24) is 0 Å². The van der Waals surface area contributed by atoms with Gasteiger partial charge in [0, 0.05) is 9.86 Å². The highest BCUT2D eigenvalue weighted by Gasteiger charge is 2.30. The summed E-state index contributed by atoms with van der Waals surface area (Å²) >= 11 is 9.49. The van der Waals surface area contributed by atoms with Crippen LogP contribution in [0.25, 0.3) is 11.0 Å². The van der Waals surface area contributed by atoms with E-state index in [0.717, 1.165) is 15.4 Å². The second-order valence-corrected chi connectivity index (χ2v) is 6.17. The van der Waals surface area contributed by atoms with Crippen molar-refractivity contribution < 1.29 is 9.52 Å². The van der Waals surface area contributed by atoms with Gasteiger partial charge in [-0.3, -0.25) is 0 Å². The van der Waals surface area contributed by atoms with Gasteiger partial charge in [0.05, 0.1) is 5.02 Å². The number of para-hydroxylation sites is 1. The molecule has 0 aliphatic carbocycles. The number of furan rings is 1. The molecule has 0 radical (unpaired) electrons. The fraction of sp³-hybridized carbons (Fsp3) is 0.125. The lowest BCUT2D eigenvalue weighted by atomic mass is 9.93. The first-order chi connectivity index (χ1) is 9.48. The van der Waals surface area contributed by atoms with Crippen LogP contribution in [0.4, 0.5) is 0 Å². The van der Waals surface area contributed by atoms with Gasteiger partial charge in [-0.1, -0.05) is 51.8 Å². The van der Waals surface area contributed by atoms with E-state index in [9.17, 15) is 5.11 Å². The monoisotopic (exact) mass is 350 g/mol. The Bertz CT molecular complexity index is 760. The van der Waals surface area contributed by atoms with Gasteiger partial charge < -0.3 is 9.52 Å². The molecule has 0 spiro atoms. The Morgan fingerprint density at radius 2 is 1.85 bits per heavy atom. The molecular formula is C16H12BrClO2. The highest BCUT2D eigenvalue weighted by molar-refractivity contribution is 9.10. The topological polar surface area (TPSA) is 33.4 Å². The van der Waals surface area contributed by atoms with E-state index in [1.807, 2.05) is 42.5 Å². The fourth-order valence-corrected chi connectivity index (χ4v) is 2.67. The van der Waals surface area contributed by atoms with Gasteiger partial charge in [-0.2, -0.15) is 0 Å². The molecule has 1 unspecified atom stereocenters. The molecule has 3 aromatic rings. The molecule has 1 heterocycles. The van der Waals surface area contributed by atoms with Crippen molar-refractivity contribution >= 4 is 38.5 Å². The number of hydrogen-bond acceptors (Lipinski definition) is 2. The van der Waals surface area contributed by atoms with E-state index >= 15 is 0 Å². The van der Waals surface area contributed by atoms with Crippen molar-refractivity contribution in [2.45, 2.75) is 12.5 Å². The number of halogens is 2. The third-order valence-corrected chi connectivity index (χ3v) is 4.21. The van der Waals surface area contributed by atoms with E-state index in [1.54, 1.807) is 13.0 Å². The summed E-state index contributed by atoms with van der Waals surface area (Å²) in [6.45, 7) is 1.71. The highest BCUT2D eigenvalue weighted by Crippen LogP contribution is 2.35. The summed E-state index contributed by atoms with van der Waals surface area (Å²) < 4.78 is 6.72. The van der Waals surface area contributed by atoms with Gasteiger partial charge in [-0.05, 0) is 36.8 Å². The predicted molar refractivity (Wildman–Crippen MR) is 84.0 cm³/mol. The lowest BCUT2D eigenvalue weighted by molar-refractivity contribution is 0.0786. The molecule has 0 amide bonds.